The van der Waals surface area contributed by atoms with E-state index in [1.165, 1.54) is 37.8 Å². The normalized spacial score (nSPS) is 12.3. The summed E-state index contributed by atoms with van der Waals surface area (Å²) in [4.78, 5) is 3.64. The van der Waals surface area contributed by atoms with Gasteiger partial charge < -0.3 is 4.42 Å². The molecule has 6 rings (SSSR count). The Balaban J connectivity index is 2.06. The van der Waals surface area contributed by atoms with Crippen LogP contribution in [0.2, 0.25) is 0 Å². The van der Waals surface area contributed by atoms with E-state index >= 15 is 0 Å². The highest BCUT2D eigenvalue weighted by atomic mass is 16.3. The average molecular weight is 294 g/mol. The van der Waals surface area contributed by atoms with Crippen molar-refractivity contribution in [1.82, 2.24) is 0 Å². The summed E-state index contributed by atoms with van der Waals surface area (Å²) in [5.41, 5.74) is 4.25. The second kappa shape index (κ2) is 3.79. The lowest BCUT2D eigenvalue weighted by Crippen LogP contribution is -2.06. The summed E-state index contributed by atoms with van der Waals surface area (Å²) >= 11 is 0. The maximum absolute atomic E-state index is 6.07. The number of nitrogens with one attached hydrogen (secondary N) is 1. The van der Waals surface area contributed by atoms with Crippen LogP contribution < -0.4 is 4.98 Å². The number of rotatable bonds is 0. The number of H-pyrrole nitrogens is 1. The van der Waals surface area contributed by atoms with Gasteiger partial charge in [0.15, 0.2) is 0 Å². The zero-order chi connectivity index (χ0) is 15.0. The van der Waals surface area contributed by atoms with Crippen molar-refractivity contribution in [1.29, 1.82) is 0 Å². The van der Waals surface area contributed by atoms with Gasteiger partial charge in [-0.2, -0.15) is 0 Å². The molecule has 2 heteroatoms. The number of pyridine rings is 1. The molecule has 0 atom stereocenters. The highest BCUT2D eigenvalue weighted by molar-refractivity contribution is 6.31. The molecule has 0 radical (unpaired) electrons. The van der Waals surface area contributed by atoms with Gasteiger partial charge in [-0.1, -0.05) is 30.3 Å². The molecule has 2 heterocycles. The van der Waals surface area contributed by atoms with Gasteiger partial charge in [0, 0.05) is 27.6 Å². The molecule has 0 amide bonds. The monoisotopic (exact) mass is 294 g/mol. The molecular weight excluding hydrogens is 282 g/mol. The zero-order valence-electron chi connectivity index (χ0n) is 12.3. The molecule has 0 bridgehead atoms. The molecule has 0 aliphatic heterocycles. The van der Waals surface area contributed by atoms with Gasteiger partial charge in [0.05, 0.1) is 10.8 Å². The van der Waals surface area contributed by atoms with Crippen molar-refractivity contribution in [3.63, 3.8) is 0 Å². The molecule has 0 spiro atoms. The van der Waals surface area contributed by atoms with Crippen molar-refractivity contribution in [2.24, 2.45) is 0 Å². The van der Waals surface area contributed by atoms with Crippen LogP contribution in [0.3, 0.4) is 0 Å². The molecule has 0 unspecified atom stereocenters. The topological polar surface area (TPSA) is 27.3 Å². The van der Waals surface area contributed by atoms with E-state index in [1.54, 1.807) is 0 Å². The first-order valence-electron chi connectivity index (χ1n) is 7.80. The number of aromatic amines is 1. The summed E-state index contributed by atoms with van der Waals surface area (Å²) in [5.74, 6) is 0. The summed E-state index contributed by atoms with van der Waals surface area (Å²) in [5, 5.41) is 7.39. The number of benzene rings is 4. The first-order chi connectivity index (χ1) is 11.4. The first kappa shape index (κ1) is 11.4. The van der Waals surface area contributed by atoms with E-state index in [4.69, 9.17) is 4.42 Å². The smallest absolute Gasteiger partial charge is 0.220 e. The van der Waals surface area contributed by atoms with Gasteiger partial charge in [-0.15, -0.1) is 0 Å². The predicted octanol–water partition coefficient (Wildman–Crippen LogP) is 5.30. The fourth-order valence-electron chi connectivity index (χ4n) is 3.89. The zero-order valence-corrected chi connectivity index (χ0v) is 12.3. The molecule has 23 heavy (non-hydrogen) atoms. The van der Waals surface area contributed by atoms with E-state index in [9.17, 15) is 0 Å². The molecule has 106 valence electrons. The largest absolute Gasteiger partial charge is 0.456 e. The van der Waals surface area contributed by atoms with Crippen LogP contribution >= 0.6 is 0 Å². The van der Waals surface area contributed by atoms with E-state index in [0.717, 1.165) is 16.7 Å². The van der Waals surface area contributed by atoms with Gasteiger partial charge >= 0.3 is 0 Å². The quantitative estimate of drug-likeness (QED) is 0.276. The fourth-order valence-corrected chi connectivity index (χ4v) is 3.89. The molecule has 4 aromatic carbocycles. The van der Waals surface area contributed by atoms with E-state index in [2.05, 4.69) is 71.7 Å². The second-order valence-electron chi connectivity index (χ2n) is 6.10. The van der Waals surface area contributed by atoms with Crippen LogP contribution in [-0.4, -0.2) is 0 Å². The van der Waals surface area contributed by atoms with Crippen LogP contribution in [0.4, 0.5) is 0 Å². The lowest BCUT2D eigenvalue weighted by Gasteiger charge is -2.04. The van der Waals surface area contributed by atoms with Gasteiger partial charge in [-0.25, -0.2) is 4.98 Å². The van der Waals surface area contributed by atoms with Crippen LogP contribution in [0, 0.1) is 0 Å². The number of hydrogen-bond donors (Lipinski definition) is 0. The Kier molecular flexibility index (Phi) is 1.89. The van der Waals surface area contributed by atoms with Gasteiger partial charge in [0.1, 0.15) is 11.2 Å². The van der Waals surface area contributed by atoms with Crippen LogP contribution in [0.25, 0.3) is 54.5 Å². The molecule has 0 saturated heterocycles. The third-order valence-corrected chi connectivity index (χ3v) is 4.87. The molecule has 6 aromatic rings. The number of fused-ring (bicyclic) bond motifs is 4. The summed E-state index contributed by atoms with van der Waals surface area (Å²) < 4.78 is 6.07. The third kappa shape index (κ3) is 1.32. The van der Waals surface area contributed by atoms with Crippen molar-refractivity contribution in [3.05, 3.63) is 66.7 Å². The SMILES string of the molecule is c1ccc2[nH+]c3c(cc2c1)c1cccc2oc4cccc3c4c21. The molecule has 0 aliphatic carbocycles. The minimum atomic E-state index is 0.956. The van der Waals surface area contributed by atoms with Gasteiger partial charge in [-0.3, -0.25) is 0 Å². The van der Waals surface area contributed by atoms with Crippen molar-refractivity contribution in [3.8, 4) is 0 Å². The molecule has 1 N–H and O–H groups in total. The van der Waals surface area contributed by atoms with Crippen molar-refractivity contribution in [2.45, 2.75) is 0 Å². The molecule has 2 aromatic heterocycles. The van der Waals surface area contributed by atoms with Crippen molar-refractivity contribution in [2.75, 3.05) is 0 Å². The number of para-hydroxylation sites is 1. The van der Waals surface area contributed by atoms with Crippen molar-refractivity contribution >= 4 is 54.5 Å². The predicted molar refractivity (Wildman–Crippen MR) is 94.0 cm³/mol. The van der Waals surface area contributed by atoms with Gasteiger partial charge in [-0.05, 0) is 30.3 Å². The Labute approximate surface area is 131 Å². The molecular formula is C21H12NO+. The minimum absolute atomic E-state index is 0.956. The summed E-state index contributed by atoms with van der Waals surface area (Å²) in [6.07, 6.45) is 0. The lowest BCUT2D eigenvalue weighted by molar-refractivity contribution is -0.308. The van der Waals surface area contributed by atoms with Gasteiger partial charge in [0.2, 0.25) is 11.0 Å². The minimum Gasteiger partial charge on any atom is -0.456 e. The fraction of sp³-hybridized carbons (Fsp3) is 0. The third-order valence-electron chi connectivity index (χ3n) is 4.87. The Morgan fingerprint density at radius 3 is 2.26 bits per heavy atom. The van der Waals surface area contributed by atoms with E-state index < -0.39 is 0 Å². The summed E-state index contributed by atoms with van der Waals surface area (Å²) in [7, 11) is 0. The summed E-state index contributed by atoms with van der Waals surface area (Å²) in [6, 6.07) is 23.3. The lowest BCUT2D eigenvalue weighted by atomic mass is 9.96. The number of aromatic nitrogens is 1. The van der Waals surface area contributed by atoms with E-state index in [0.29, 0.717) is 0 Å². The molecule has 2 nitrogen and oxygen atoms in total. The van der Waals surface area contributed by atoms with E-state index in [-0.39, 0.29) is 0 Å². The molecule has 0 fully saturated rings. The van der Waals surface area contributed by atoms with Crippen molar-refractivity contribution < 1.29 is 9.40 Å². The first-order valence-corrected chi connectivity index (χ1v) is 7.80. The standard InChI is InChI=1S/C21H11NO/c1-2-8-16-12(5-1)11-15-13-6-3-9-17-19(13)20-14(21(15)22-16)7-4-10-18(20)23-17/h1-11H/p+1. The molecule has 0 saturated carbocycles. The maximum atomic E-state index is 6.07. The maximum Gasteiger partial charge on any atom is 0.220 e. The Hall–Kier alpha value is -3.13. The number of furan rings is 1. The summed E-state index contributed by atoms with van der Waals surface area (Å²) in [6.45, 7) is 0. The highest BCUT2D eigenvalue weighted by Gasteiger charge is 2.20. The van der Waals surface area contributed by atoms with Crippen LogP contribution in [0.5, 0.6) is 0 Å². The van der Waals surface area contributed by atoms with Gasteiger partial charge in [0.25, 0.3) is 0 Å². The van der Waals surface area contributed by atoms with Crippen LogP contribution in [0.15, 0.2) is 71.1 Å². The number of hydrogen-bond acceptors (Lipinski definition) is 1. The average Bonchev–Trinajstić information content (AvgIpc) is 2.99. The Bertz CT molecular complexity index is 1260. The molecule has 0 aliphatic rings. The van der Waals surface area contributed by atoms with Crippen LogP contribution in [0.1, 0.15) is 0 Å². The Morgan fingerprint density at radius 2 is 1.39 bits per heavy atom. The second-order valence-corrected chi connectivity index (χ2v) is 6.10. The highest BCUT2D eigenvalue weighted by Crippen LogP contribution is 2.41. The Morgan fingerprint density at radius 1 is 0.652 bits per heavy atom. The van der Waals surface area contributed by atoms with Crippen LogP contribution in [-0.2, 0) is 0 Å². The van der Waals surface area contributed by atoms with E-state index in [1.807, 2.05) is 0 Å².